The molecule has 0 aromatic heterocycles. The van der Waals surface area contributed by atoms with E-state index in [9.17, 15) is 19.7 Å². The van der Waals surface area contributed by atoms with Crippen LogP contribution in [-0.2, 0) is 21.9 Å². The lowest BCUT2D eigenvalue weighted by atomic mass is 10.1. The molecule has 0 aliphatic carbocycles. The van der Waals surface area contributed by atoms with Crippen LogP contribution in [0.4, 0.5) is 5.69 Å². The average molecular weight is 488 g/mol. The minimum atomic E-state index is -0.603. The van der Waals surface area contributed by atoms with Gasteiger partial charge in [0, 0.05) is 30.0 Å². The number of amides is 2. The third kappa shape index (κ3) is 8.37. The van der Waals surface area contributed by atoms with Crippen LogP contribution in [0.15, 0.2) is 48.5 Å². The van der Waals surface area contributed by atoms with E-state index in [1.807, 2.05) is 52.0 Å². The van der Waals surface area contributed by atoms with Crippen LogP contribution in [-0.4, -0.2) is 46.1 Å². The van der Waals surface area contributed by atoms with Crippen LogP contribution in [0.3, 0.4) is 0 Å². The molecule has 2 aromatic rings. The van der Waals surface area contributed by atoms with E-state index in [0.29, 0.717) is 18.7 Å². The second kappa shape index (κ2) is 12.4. The number of carbonyl (C=O) groups excluding carboxylic acids is 2. The van der Waals surface area contributed by atoms with Crippen molar-refractivity contribution in [3.63, 3.8) is 0 Å². The summed E-state index contributed by atoms with van der Waals surface area (Å²) in [6, 6.07) is 13.1. The summed E-state index contributed by atoms with van der Waals surface area (Å²) in [6.07, 6.45) is 0.483. The van der Waals surface area contributed by atoms with Crippen molar-refractivity contribution in [1.82, 2.24) is 10.2 Å². The van der Waals surface area contributed by atoms with Crippen molar-refractivity contribution in [3.05, 3.63) is 69.8 Å². The molecule has 0 aliphatic heterocycles. The molecular formula is C25H33N3O5S. The van der Waals surface area contributed by atoms with Crippen molar-refractivity contribution in [2.24, 2.45) is 0 Å². The molecule has 184 valence electrons. The van der Waals surface area contributed by atoms with Gasteiger partial charge in [-0.3, -0.25) is 19.7 Å². The first-order chi connectivity index (χ1) is 16.0. The molecule has 9 heteroatoms. The van der Waals surface area contributed by atoms with E-state index in [0.717, 1.165) is 16.9 Å². The third-order valence-electron chi connectivity index (χ3n) is 5.04. The Morgan fingerprint density at radius 3 is 2.18 bits per heavy atom. The largest absolute Gasteiger partial charge is 0.497 e. The molecular weight excluding hydrogens is 454 g/mol. The fraction of sp³-hybridized carbons (Fsp3) is 0.440. The molecule has 2 amide bonds. The normalized spacial score (nSPS) is 12.0. The number of thioether (sulfide) groups is 1. The molecule has 1 atom stereocenters. The van der Waals surface area contributed by atoms with Gasteiger partial charge >= 0.3 is 0 Å². The number of nitro groups is 1. The monoisotopic (exact) mass is 487 g/mol. The summed E-state index contributed by atoms with van der Waals surface area (Å²) in [6.45, 7) is 7.93. The molecule has 8 nitrogen and oxygen atoms in total. The Labute approximate surface area is 205 Å². The number of ether oxygens (including phenoxy) is 1. The van der Waals surface area contributed by atoms with Gasteiger partial charge in [-0.15, -0.1) is 11.8 Å². The molecule has 0 heterocycles. The minimum absolute atomic E-state index is 0.0335. The molecule has 2 rings (SSSR count). The molecule has 0 fully saturated rings. The van der Waals surface area contributed by atoms with Gasteiger partial charge in [0.15, 0.2) is 0 Å². The van der Waals surface area contributed by atoms with Crippen molar-refractivity contribution in [2.45, 2.75) is 58.0 Å². The summed E-state index contributed by atoms with van der Waals surface area (Å²) >= 11 is 1.41. The van der Waals surface area contributed by atoms with Gasteiger partial charge in [-0.2, -0.15) is 0 Å². The first kappa shape index (κ1) is 27.2. The molecule has 2 aromatic carbocycles. The third-order valence-corrected chi connectivity index (χ3v) is 6.03. The van der Waals surface area contributed by atoms with E-state index in [1.165, 1.54) is 23.9 Å². The van der Waals surface area contributed by atoms with Gasteiger partial charge in [0.25, 0.3) is 5.69 Å². The molecule has 0 bridgehead atoms. The predicted molar refractivity (Wildman–Crippen MR) is 135 cm³/mol. The molecule has 0 unspecified atom stereocenters. The second-order valence-electron chi connectivity index (χ2n) is 8.95. The van der Waals surface area contributed by atoms with E-state index in [4.69, 9.17) is 4.74 Å². The van der Waals surface area contributed by atoms with Crippen LogP contribution in [0.5, 0.6) is 5.75 Å². The lowest BCUT2D eigenvalue weighted by Gasteiger charge is -2.33. The van der Waals surface area contributed by atoms with Gasteiger partial charge in [0.2, 0.25) is 11.8 Å². The Balaban J connectivity index is 2.14. The summed E-state index contributed by atoms with van der Waals surface area (Å²) in [7, 11) is 1.59. The topological polar surface area (TPSA) is 102 Å². The van der Waals surface area contributed by atoms with Crippen LogP contribution < -0.4 is 10.1 Å². The summed E-state index contributed by atoms with van der Waals surface area (Å²) in [5.41, 5.74) is 1.41. The number of nitrogens with zero attached hydrogens (tertiary/aromatic N) is 2. The molecule has 0 saturated carbocycles. The van der Waals surface area contributed by atoms with E-state index in [2.05, 4.69) is 5.32 Å². The molecule has 1 N–H and O–H groups in total. The second-order valence-corrected chi connectivity index (χ2v) is 9.93. The van der Waals surface area contributed by atoms with Gasteiger partial charge in [0.1, 0.15) is 11.8 Å². The first-order valence-corrected chi connectivity index (χ1v) is 12.2. The van der Waals surface area contributed by atoms with Gasteiger partial charge in [-0.05, 0) is 50.5 Å². The summed E-state index contributed by atoms with van der Waals surface area (Å²) in [4.78, 5) is 38.3. The number of non-ortho nitro benzene ring substituents is 1. The maximum Gasteiger partial charge on any atom is 0.269 e. The minimum Gasteiger partial charge on any atom is -0.497 e. The Hall–Kier alpha value is -3.07. The Morgan fingerprint density at radius 2 is 1.68 bits per heavy atom. The van der Waals surface area contributed by atoms with Gasteiger partial charge in [-0.25, -0.2) is 0 Å². The smallest absolute Gasteiger partial charge is 0.269 e. The fourth-order valence-corrected chi connectivity index (χ4v) is 4.22. The van der Waals surface area contributed by atoms with Gasteiger partial charge in [-0.1, -0.05) is 31.2 Å². The molecule has 0 saturated heterocycles. The van der Waals surface area contributed by atoms with Crippen LogP contribution in [0, 0.1) is 10.1 Å². The highest BCUT2D eigenvalue weighted by atomic mass is 32.2. The van der Waals surface area contributed by atoms with Crippen molar-refractivity contribution in [3.8, 4) is 5.75 Å². The molecule has 0 radical (unpaired) electrons. The van der Waals surface area contributed by atoms with Crippen molar-refractivity contribution in [2.75, 3.05) is 12.9 Å². The van der Waals surface area contributed by atoms with Crippen LogP contribution in [0.1, 0.15) is 45.2 Å². The lowest BCUT2D eigenvalue weighted by molar-refractivity contribution is -0.384. The standard InChI is InChI=1S/C25H33N3O5S/c1-6-22(24(30)26-25(2,3)4)27(15-18-9-13-21(33-5)14-10-18)23(29)17-34-16-19-7-11-20(12-8-19)28(31)32/h7-14,22H,6,15-17H2,1-5H3,(H,26,30)/t22-/m0/s1. The number of benzene rings is 2. The summed E-state index contributed by atoms with van der Waals surface area (Å²) in [5, 5.41) is 13.8. The molecule has 0 spiro atoms. The molecule has 34 heavy (non-hydrogen) atoms. The maximum absolute atomic E-state index is 13.3. The highest BCUT2D eigenvalue weighted by Crippen LogP contribution is 2.20. The first-order valence-electron chi connectivity index (χ1n) is 11.1. The van der Waals surface area contributed by atoms with E-state index >= 15 is 0 Å². The van der Waals surface area contributed by atoms with Crippen LogP contribution >= 0.6 is 11.8 Å². The Morgan fingerprint density at radius 1 is 1.09 bits per heavy atom. The van der Waals surface area contributed by atoms with Crippen molar-refractivity contribution >= 4 is 29.3 Å². The number of nitrogens with one attached hydrogen (secondary N) is 1. The van der Waals surface area contributed by atoms with Crippen molar-refractivity contribution in [1.29, 1.82) is 0 Å². The zero-order chi connectivity index (χ0) is 25.3. The van der Waals surface area contributed by atoms with Crippen LogP contribution in [0.25, 0.3) is 0 Å². The number of nitro benzene ring substituents is 1. The quantitative estimate of drug-likeness (QED) is 0.368. The fourth-order valence-electron chi connectivity index (χ4n) is 3.35. The molecule has 0 aliphatic rings. The zero-order valence-electron chi connectivity index (χ0n) is 20.4. The van der Waals surface area contributed by atoms with E-state index in [1.54, 1.807) is 24.1 Å². The highest BCUT2D eigenvalue weighted by Gasteiger charge is 2.30. The average Bonchev–Trinajstić information content (AvgIpc) is 2.78. The number of methoxy groups -OCH3 is 1. The number of hydrogen-bond acceptors (Lipinski definition) is 6. The SMILES string of the molecule is CC[C@@H](C(=O)NC(C)(C)C)N(Cc1ccc(OC)cc1)C(=O)CSCc1ccc([N+](=O)[O-])cc1. The number of hydrogen-bond donors (Lipinski definition) is 1. The summed E-state index contributed by atoms with van der Waals surface area (Å²) < 4.78 is 5.21. The zero-order valence-corrected chi connectivity index (χ0v) is 21.2. The summed E-state index contributed by atoms with van der Waals surface area (Å²) in [5.74, 6) is 1.12. The van der Waals surface area contributed by atoms with E-state index < -0.39 is 16.5 Å². The highest BCUT2D eigenvalue weighted by molar-refractivity contribution is 7.99. The van der Waals surface area contributed by atoms with Crippen molar-refractivity contribution < 1.29 is 19.2 Å². The van der Waals surface area contributed by atoms with Crippen LogP contribution in [0.2, 0.25) is 0 Å². The van der Waals surface area contributed by atoms with Gasteiger partial charge < -0.3 is 15.0 Å². The van der Waals surface area contributed by atoms with E-state index in [-0.39, 0.29) is 23.3 Å². The Kier molecular flexibility index (Phi) is 9.92. The number of rotatable bonds is 11. The Bertz CT molecular complexity index is 972. The predicted octanol–water partition coefficient (Wildman–Crippen LogP) is 4.56. The maximum atomic E-state index is 13.3. The lowest BCUT2D eigenvalue weighted by Crippen LogP contribution is -2.53. The number of carbonyl (C=O) groups is 2. The van der Waals surface area contributed by atoms with Gasteiger partial charge in [0.05, 0.1) is 17.8 Å².